The van der Waals surface area contributed by atoms with Gasteiger partial charge >= 0.3 is 0 Å². The molecule has 0 spiro atoms. The molecule has 0 radical (unpaired) electrons. The third kappa shape index (κ3) is 5.40. The van der Waals surface area contributed by atoms with E-state index in [1.807, 2.05) is 18.2 Å². The molecule has 172 valence electrons. The Hall–Kier alpha value is -3.07. The molecule has 2 aliphatic rings. The number of benzene rings is 1. The molecule has 1 N–H and O–H groups in total. The molecule has 0 unspecified atom stereocenters. The second kappa shape index (κ2) is 10.5. The molecular formula is C23H32N6O3. The highest BCUT2D eigenvalue weighted by molar-refractivity contribution is 5.75. The van der Waals surface area contributed by atoms with Crippen LogP contribution in [0.15, 0.2) is 41.2 Å². The van der Waals surface area contributed by atoms with E-state index in [1.54, 1.807) is 13.2 Å². The van der Waals surface area contributed by atoms with Gasteiger partial charge in [-0.2, -0.15) is 5.10 Å². The Bertz CT molecular complexity index is 964. The Kier molecular flexibility index (Phi) is 7.26. The summed E-state index contributed by atoms with van der Waals surface area (Å²) in [4.78, 5) is 31.4. The van der Waals surface area contributed by atoms with Gasteiger partial charge in [0, 0.05) is 45.3 Å². The molecule has 2 aromatic rings. The maximum atomic E-state index is 12.3. The zero-order valence-electron chi connectivity index (χ0n) is 18.7. The van der Waals surface area contributed by atoms with Gasteiger partial charge in [-0.25, -0.2) is 4.68 Å². The van der Waals surface area contributed by atoms with E-state index in [0.29, 0.717) is 12.4 Å². The summed E-state index contributed by atoms with van der Waals surface area (Å²) in [5.41, 5.74) is 0.814. The zero-order chi connectivity index (χ0) is 22.3. The van der Waals surface area contributed by atoms with Crippen molar-refractivity contribution in [3.05, 3.63) is 46.8 Å². The summed E-state index contributed by atoms with van der Waals surface area (Å²) in [6.45, 7) is 6.76. The average Bonchev–Trinajstić information content (AvgIpc) is 3.34. The van der Waals surface area contributed by atoms with Crippen molar-refractivity contribution in [3.8, 4) is 5.75 Å². The van der Waals surface area contributed by atoms with E-state index in [0.717, 1.165) is 57.3 Å². The van der Waals surface area contributed by atoms with Gasteiger partial charge in [-0.05, 0) is 44.1 Å². The van der Waals surface area contributed by atoms with E-state index >= 15 is 0 Å². The first-order chi connectivity index (χ1) is 15.6. The quantitative estimate of drug-likeness (QED) is 0.650. The first-order valence-corrected chi connectivity index (χ1v) is 11.3. The molecule has 9 heteroatoms. The van der Waals surface area contributed by atoms with Crippen molar-refractivity contribution in [3.63, 3.8) is 0 Å². The summed E-state index contributed by atoms with van der Waals surface area (Å²) in [6, 6.07) is 11.2. The highest BCUT2D eigenvalue weighted by Crippen LogP contribution is 2.28. The van der Waals surface area contributed by atoms with Crippen LogP contribution in [0.25, 0.3) is 0 Å². The van der Waals surface area contributed by atoms with Gasteiger partial charge in [-0.3, -0.25) is 9.59 Å². The molecule has 2 saturated heterocycles. The number of hydrogen-bond acceptors (Lipinski definition) is 7. The molecule has 0 atom stereocenters. The maximum absolute atomic E-state index is 12.3. The molecule has 1 aromatic heterocycles. The fraction of sp³-hybridized carbons (Fsp3) is 0.522. The monoisotopic (exact) mass is 440 g/mol. The van der Waals surface area contributed by atoms with E-state index in [-0.39, 0.29) is 18.0 Å². The van der Waals surface area contributed by atoms with Crippen LogP contribution in [0.4, 0.5) is 11.5 Å². The largest absolute Gasteiger partial charge is 0.495 e. The van der Waals surface area contributed by atoms with Crippen molar-refractivity contribution >= 4 is 17.4 Å². The topological polar surface area (TPSA) is 82.9 Å². The molecule has 0 saturated carbocycles. The Balaban J connectivity index is 1.32. The first kappa shape index (κ1) is 22.1. The molecule has 1 aromatic carbocycles. The van der Waals surface area contributed by atoms with Crippen molar-refractivity contribution in [1.29, 1.82) is 0 Å². The highest BCUT2D eigenvalue weighted by atomic mass is 16.5. The Labute approximate surface area is 188 Å². The van der Waals surface area contributed by atoms with Gasteiger partial charge in [-0.1, -0.05) is 12.1 Å². The van der Waals surface area contributed by atoms with Crippen molar-refractivity contribution < 1.29 is 9.53 Å². The number of para-hydroxylation sites is 2. The lowest BCUT2D eigenvalue weighted by molar-refractivity contribution is -0.121. The fourth-order valence-corrected chi connectivity index (χ4v) is 4.34. The number of ether oxygens (including phenoxy) is 1. The van der Waals surface area contributed by atoms with Gasteiger partial charge in [0.2, 0.25) is 5.91 Å². The van der Waals surface area contributed by atoms with Gasteiger partial charge < -0.3 is 24.8 Å². The summed E-state index contributed by atoms with van der Waals surface area (Å²) in [6.07, 6.45) is 2.46. The summed E-state index contributed by atoms with van der Waals surface area (Å²) in [5, 5.41) is 7.38. The van der Waals surface area contributed by atoms with Gasteiger partial charge in [0.15, 0.2) is 0 Å². The number of aromatic nitrogens is 2. The number of nitrogens with zero attached hydrogens (tertiary/aromatic N) is 5. The Morgan fingerprint density at radius 1 is 1.00 bits per heavy atom. The summed E-state index contributed by atoms with van der Waals surface area (Å²) < 4.78 is 6.74. The fourth-order valence-electron chi connectivity index (χ4n) is 4.34. The number of methoxy groups -OCH3 is 1. The predicted molar refractivity (Wildman–Crippen MR) is 125 cm³/mol. The van der Waals surface area contributed by atoms with Crippen LogP contribution in [0, 0.1) is 0 Å². The summed E-state index contributed by atoms with van der Waals surface area (Å²) in [7, 11) is 1.69. The van der Waals surface area contributed by atoms with Gasteiger partial charge in [0.05, 0.1) is 12.8 Å². The number of anilines is 2. The van der Waals surface area contributed by atoms with Crippen LogP contribution in [0.1, 0.15) is 12.8 Å². The SMILES string of the molecule is COc1ccccc1N1CCN(c2ccc(=O)n(CC(=O)NCCN3CCCC3)n2)CC1. The maximum Gasteiger partial charge on any atom is 0.267 e. The predicted octanol–water partition coefficient (Wildman–Crippen LogP) is 0.791. The van der Waals surface area contributed by atoms with E-state index in [1.165, 1.54) is 23.6 Å². The van der Waals surface area contributed by atoms with Crippen LogP contribution >= 0.6 is 0 Å². The first-order valence-electron chi connectivity index (χ1n) is 11.3. The van der Waals surface area contributed by atoms with Crippen LogP contribution in [0.3, 0.4) is 0 Å². The molecule has 32 heavy (non-hydrogen) atoms. The summed E-state index contributed by atoms with van der Waals surface area (Å²) >= 11 is 0. The second-order valence-electron chi connectivity index (χ2n) is 8.23. The van der Waals surface area contributed by atoms with E-state index in [2.05, 4.69) is 31.2 Å². The number of likely N-dealkylation sites (tertiary alicyclic amines) is 1. The standard InChI is InChI=1S/C23H32N6O3/c1-32-20-7-3-2-6-19(20)27-14-16-28(17-15-27)21-8-9-23(31)29(25-21)18-22(30)24-10-13-26-11-4-5-12-26/h2-3,6-9H,4-5,10-18H2,1H3,(H,24,30). The number of carbonyl (C=O) groups is 1. The molecule has 0 aliphatic carbocycles. The van der Waals surface area contributed by atoms with Crippen LogP contribution in [0.5, 0.6) is 5.75 Å². The highest BCUT2D eigenvalue weighted by Gasteiger charge is 2.21. The molecule has 3 heterocycles. The second-order valence-corrected chi connectivity index (χ2v) is 8.23. The third-order valence-corrected chi connectivity index (χ3v) is 6.12. The van der Waals surface area contributed by atoms with Crippen LogP contribution in [-0.2, 0) is 11.3 Å². The smallest absolute Gasteiger partial charge is 0.267 e. The minimum Gasteiger partial charge on any atom is -0.495 e. The number of piperazine rings is 1. The molecule has 2 aliphatic heterocycles. The van der Waals surface area contributed by atoms with Crippen molar-refractivity contribution in [2.45, 2.75) is 19.4 Å². The molecule has 2 fully saturated rings. The zero-order valence-corrected chi connectivity index (χ0v) is 18.7. The lowest BCUT2D eigenvalue weighted by atomic mass is 10.2. The van der Waals surface area contributed by atoms with E-state index in [4.69, 9.17) is 4.74 Å². The normalized spacial score (nSPS) is 16.9. The van der Waals surface area contributed by atoms with Gasteiger partial charge in [-0.15, -0.1) is 0 Å². The van der Waals surface area contributed by atoms with Crippen LogP contribution in [-0.4, -0.2) is 80.1 Å². The number of hydrogen-bond donors (Lipinski definition) is 1. The molecule has 4 rings (SSSR count). The van der Waals surface area contributed by atoms with Crippen LogP contribution in [0.2, 0.25) is 0 Å². The Morgan fingerprint density at radius 3 is 2.47 bits per heavy atom. The molecular weight excluding hydrogens is 408 g/mol. The lowest BCUT2D eigenvalue weighted by Crippen LogP contribution is -2.47. The number of rotatable bonds is 8. The van der Waals surface area contributed by atoms with Crippen molar-refractivity contribution in [1.82, 2.24) is 20.0 Å². The number of nitrogens with one attached hydrogen (secondary N) is 1. The summed E-state index contributed by atoms with van der Waals surface area (Å²) in [5.74, 6) is 1.40. The molecule has 0 bridgehead atoms. The number of amides is 1. The van der Waals surface area contributed by atoms with Crippen LogP contribution < -0.4 is 25.4 Å². The molecule has 1 amide bonds. The lowest BCUT2D eigenvalue weighted by Gasteiger charge is -2.37. The van der Waals surface area contributed by atoms with Crippen molar-refractivity contribution in [2.75, 3.05) is 69.3 Å². The van der Waals surface area contributed by atoms with Gasteiger partial charge in [0.1, 0.15) is 18.1 Å². The van der Waals surface area contributed by atoms with E-state index in [9.17, 15) is 9.59 Å². The minimum atomic E-state index is -0.267. The average molecular weight is 441 g/mol. The minimum absolute atomic E-state index is 0.0617. The van der Waals surface area contributed by atoms with E-state index < -0.39 is 0 Å². The van der Waals surface area contributed by atoms with Gasteiger partial charge in [0.25, 0.3) is 5.56 Å². The Morgan fingerprint density at radius 2 is 1.72 bits per heavy atom. The number of carbonyl (C=O) groups excluding carboxylic acids is 1. The third-order valence-electron chi connectivity index (χ3n) is 6.12. The molecule has 9 nitrogen and oxygen atoms in total. The van der Waals surface area contributed by atoms with Crippen molar-refractivity contribution in [2.24, 2.45) is 0 Å².